The van der Waals surface area contributed by atoms with Crippen LogP contribution in [0.15, 0.2) is 41.2 Å². The van der Waals surface area contributed by atoms with E-state index in [1.54, 1.807) is 19.2 Å². The van der Waals surface area contributed by atoms with E-state index in [1.165, 1.54) is 10.1 Å². The number of rotatable bonds is 3. The molecule has 1 unspecified atom stereocenters. The van der Waals surface area contributed by atoms with Crippen molar-refractivity contribution in [1.29, 1.82) is 0 Å². The van der Waals surface area contributed by atoms with Crippen LogP contribution in [-0.4, -0.2) is 33.2 Å². The SMILES string of the molecule is [C-]#[N+]c1ccc2c(n1)c(N1C[C@@H](C)C(Oc3cccc(C)c3)C[C@H]1C)nc(=O)n2C. The van der Waals surface area contributed by atoms with Crippen LogP contribution in [0.4, 0.5) is 11.6 Å². The van der Waals surface area contributed by atoms with E-state index in [-0.39, 0.29) is 23.8 Å². The number of hydrogen-bond donors (Lipinski definition) is 0. The lowest BCUT2D eigenvalue weighted by molar-refractivity contribution is 0.107. The Balaban J connectivity index is 1.67. The van der Waals surface area contributed by atoms with E-state index >= 15 is 0 Å². The molecule has 3 atom stereocenters. The van der Waals surface area contributed by atoms with Crippen LogP contribution in [-0.2, 0) is 7.05 Å². The molecule has 1 aliphatic heterocycles. The van der Waals surface area contributed by atoms with Crippen LogP contribution in [0, 0.1) is 19.4 Å². The molecule has 0 amide bonds. The fourth-order valence-electron chi connectivity index (χ4n) is 4.09. The maximum absolute atomic E-state index is 12.5. The maximum atomic E-state index is 12.5. The molecule has 2 aromatic heterocycles. The van der Waals surface area contributed by atoms with Crippen LogP contribution >= 0.6 is 0 Å². The number of piperidine rings is 1. The van der Waals surface area contributed by atoms with Crippen molar-refractivity contribution in [2.24, 2.45) is 13.0 Å². The first-order valence-electron chi connectivity index (χ1n) is 10.1. The molecule has 154 valence electrons. The van der Waals surface area contributed by atoms with Crippen LogP contribution in [0.5, 0.6) is 5.75 Å². The van der Waals surface area contributed by atoms with Crippen molar-refractivity contribution in [2.75, 3.05) is 11.4 Å². The van der Waals surface area contributed by atoms with Crippen LogP contribution in [0.2, 0.25) is 0 Å². The molecule has 1 aliphatic rings. The highest BCUT2D eigenvalue weighted by Gasteiger charge is 2.35. The summed E-state index contributed by atoms with van der Waals surface area (Å²) in [5.74, 6) is 1.95. The Hall–Kier alpha value is -3.40. The van der Waals surface area contributed by atoms with Gasteiger partial charge in [0.25, 0.3) is 5.82 Å². The lowest BCUT2D eigenvalue weighted by atomic mass is 9.91. The third-order valence-corrected chi connectivity index (χ3v) is 5.81. The number of anilines is 1. The van der Waals surface area contributed by atoms with E-state index in [0.717, 1.165) is 12.2 Å². The number of nitrogens with zero attached hydrogens (tertiary/aromatic N) is 5. The Morgan fingerprint density at radius 3 is 2.73 bits per heavy atom. The summed E-state index contributed by atoms with van der Waals surface area (Å²) in [5.41, 5.74) is 2.11. The summed E-state index contributed by atoms with van der Waals surface area (Å²) >= 11 is 0. The summed E-state index contributed by atoms with van der Waals surface area (Å²) in [7, 11) is 1.68. The van der Waals surface area contributed by atoms with Gasteiger partial charge in [0.2, 0.25) is 5.52 Å². The van der Waals surface area contributed by atoms with Gasteiger partial charge in [0, 0.05) is 32.0 Å². The molecule has 0 bridgehead atoms. The molecule has 0 radical (unpaired) electrons. The maximum Gasteiger partial charge on any atom is 0.350 e. The molecule has 3 aromatic rings. The predicted molar refractivity (Wildman–Crippen MR) is 117 cm³/mol. The van der Waals surface area contributed by atoms with E-state index in [1.807, 2.05) is 12.1 Å². The minimum Gasteiger partial charge on any atom is -0.490 e. The number of aromatic nitrogens is 3. The molecule has 0 N–H and O–H groups in total. The minimum absolute atomic E-state index is 0.0719. The zero-order chi connectivity index (χ0) is 21.4. The average Bonchev–Trinajstić information content (AvgIpc) is 2.73. The highest BCUT2D eigenvalue weighted by molar-refractivity contribution is 5.87. The second-order valence-electron chi connectivity index (χ2n) is 8.11. The van der Waals surface area contributed by atoms with Crippen molar-refractivity contribution in [2.45, 2.75) is 39.3 Å². The van der Waals surface area contributed by atoms with Gasteiger partial charge < -0.3 is 14.5 Å². The van der Waals surface area contributed by atoms with Crippen LogP contribution in [0.3, 0.4) is 0 Å². The zero-order valence-corrected chi connectivity index (χ0v) is 17.7. The lowest BCUT2D eigenvalue weighted by Gasteiger charge is -2.42. The molecule has 7 nitrogen and oxygen atoms in total. The first-order valence-corrected chi connectivity index (χ1v) is 10.1. The average molecular weight is 403 g/mol. The first-order chi connectivity index (χ1) is 14.4. The monoisotopic (exact) mass is 403 g/mol. The Kier molecular flexibility index (Phi) is 5.17. The molecule has 0 saturated carbocycles. The third-order valence-electron chi connectivity index (χ3n) is 5.81. The summed E-state index contributed by atoms with van der Waals surface area (Å²) in [6, 6.07) is 11.6. The Morgan fingerprint density at radius 1 is 1.20 bits per heavy atom. The van der Waals surface area contributed by atoms with Gasteiger partial charge in [-0.1, -0.05) is 25.6 Å². The summed E-state index contributed by atoms with van der Waals surface area (Å²) in [4.78, 5) is 26.9. The fraction of sp³-hybridized carbons (Fsp3) is 0.391. The molecule has 0 spiro atoms. The summed E-state index contributed by atoms with van der Waals surface area (Å²) in [6.45, 7) is 14.3. The highest BCUT2D eigenvalue weighted by atomic mass is 16.5. The van der Waals surface area contributed by atoms with Gasteiger partial charge >= 0.3 is 5.69 Å². The molecule has 4 rings (SSSR count). The number of hydrogen-bond acceptors (Lipinski definition) is 5. The Bertz CT molecular complexity index is 1200. The van der Waals surface area contributed by atoms with Crippen LogP contribution < -0.4 is 15.3 Å². The van der Waals surface area contributed by atoms with Gasteiger partial charge in [-0.3, -0.25) is 4.57 Å². The molecule has 1 fully saturated rings. The van der Waals surface area contributed by atoms with Crippen molar-refractivity contribution in [1.82, 2.24) is 14.5 Å². The van der Waals surface area contributed by atoms with E-state index in [4.69, 9.17) is 11.3 Å². The van der Waals surface area contributed by atoms with Gasteiger partial charge in [-0.2, -0.15) is 4.98 Å². The van der Waals surface area contributed by atoms with Crippen molar-refractivity contribution in [3.8, 4) is 5.75 Å². The van der Waals surface area contributed by atoms with Gasteiger partial charge in [0.05, 0.1) is 5.52 Å². The smallest absolute Gasteiger partial charge is 0.350 e. The summed E-state index contributed by atoms with van der Waals surface area (Å²) < 4.78 is 7.77. The van der Waals surface area contributed by atoms with Crippen molar-refractivity contribution >= 4 is 22.7 Å². The third kappa shape index (κ3) is 3.61. The predicted octanol–water partition coefficient (Wildman–Crippen LogP) is 3.87. The number of aryl methyl sites for hydroxylation is 2. The zero-order valence-electron chi connectivity index (χ0n) is 17.7. The number of ether oxygens (including phenoxy) is 1. The van der Waals surface area contributed by atoms with Gasteiger partial charge in [-0.05, 0) is 43.7 Å². The van der Waals surface area contributed by atoms with Crippen molar-refractivity contribution in [3.63, 3.8) is 0 Å². The summed E-state index contributed by atoms with van der Waals surface area (Å²) in [6.07, 6.45) is 0.873. The van der Waals surface area contributed by atoms with Gasteiger partial charge in [-0.15, -0.1) is 4.98 Å². The normalized spacial score (nSPS) is 21.4. The minimum atomic E-state index is -0.326. The molecule has 1 aromatic carbocycles. The quantitative estimate of drug-likeness (QED) is 0.621. The molecular weight excluding hydrogens is 378 g/mol. The van der Waals surface area contributed by atoms with Crippen molar-refractivity contribution < 1.29 is 4.74 Å². The van der Waals surface area contributed by atoms with E-state index in [9.17, 15) is 4.79 Å². The van der Waals surface area contributed by atoms with E-state index in [2.05, 4.69) is 52.6 Å². The lowest BCUT2D eigenvalue weighted by Crippen LogP contribution is -2.50. The Labute approximate surface area is 175 Å². The Morgan fingerprint density at radius 2 is 2.00 bits per heavy atom. The second-order valence-corrected chi connectivity index (χ2v) is 8.11. The van der Waals surface area contributed by atoms with Crippen LogP contribution in [0.1, 0.15) is 25.8 Å². The first kappa shape index (κ1) is 19.9. The topological polar surface area (TPSA) is 64.6 Å². The second kappa shape index (κ2) is 7.79. The van der Waals surface area contributed by atoms with Gasteiger partial charge in [-0.25, -0.2) is 4.79 Å². The molecule has 3 heterocycles. The number of pyridine rings is 1. The van der Waals surface area contributed by atoms with Crippen LogP contribution in [0.25, 0.3) is 15.9 Å². The summed E-state index contributed by atoms with van der Waals surface area (Å²) in [5, 5.41) is 0. The van der Waals surface area contributed by atoms with Crippen molar-refractivity contribution in [3.05, 3.63) is 63.9 Å². The molecule has 1 saturated heterocycles. The number of fused-ring (bicyclic) bond motifs is 1. The molecular formula is C23H25N5O2. The molecule has 30 heavy (non-hydrogen) atoms. The standard InChI is InChI=1S/C23H25N5O2/c1-14-7-6-8-17(11-14)30-19-12-16(3)28(13-15(19)2)22-21-18(27(5)23(29)26-22)9-10-20(24-4)25-21/h6-11,15-16,19H,12-13H2,1-3,5H3/t15-,16-,19?/m1/s1. The van der Waals surface area contributed by atoms with E-state index < -0.39 is 0 Å². The molecule has 0 aliphatic carbocycles. The highest BCUT2D eigenvalue weighted by Crippen LogP contribution is 2.32. The number of benzene rings is 1. The van der Waals surface area contributed by atoms with Gasteiger partial charge in [0.1, 0.15) is 11.9 Å². The fourth-order valence-corrected chi connectivity index (χ4v) is 4.09. The molecule has 7 heteroatoms. The van der Waals surface area contributed by atoms with E-state index in [0.29, 0.717) is 29.2 Å². The van der Waals surface area contributed by atoms with Gasteiger partial charge in [0.15, 0.2) is 5.82 Å². The largest absolute Gasteiger partial charge is 0.490 e.